The highest BCUT2D eigenvalue weighted by atomic mass is 32.2. The third-order valence-electron chi connectivity index (χ3n) is 6.86. The zero-order valence-electron chi connectivity index (χ0n) is 25.9. The first-order valence-corrected chi connectivity index (χ1v) is 15.7. The van der Waals surface area contributed by atoms with Gasteiger partial charge in [0.1, 0.15) is 24.2 Å². The number of carboxylic acid groups (broad SMARTS) is 1. The number of nitrogens with one attached hydrogen (secondary N) is 4. The van der Waals surface area contributed by atoms with Crippen LogP contribution >= 0.6 is 11.8 Å². The third-order valence-corrected chi connectivity index (χ3v) is 7.50. The minimum Gasteiger partial charge on any atom is -0.480 e. The summed E-state index contributed by atoms with van der Waals surface area (Å²) >= 11 is 1.45. The Kier molecular flexibility index (Phi) is 18.5. The zero-order chi connectivity index (χ0) is 32.6. The SMILES string of the molecule is CC[C@H](C)[C@H](N)C(=O)N[C@H](CCCN=C(N)N)C(=O)N[C@H](C(=O)N[C@H](C(=O)N[C@@H](CCSC)C(=O)O)C(C)C)C(C)C. The molecule has 0 aliphatic carbocycles. The van der Waals surface area contributed by atoms with Crippen LogP contribution in [0.4, 0.5) is 0 Å². The maximum absolute atomic E-state index is 13.4. The van der Waals surface area contributed by atoms with Crippen molar-refractivity contribution in [3.05, 3.63) is 0 Å². The molecule has 0 aromatic carbocycles. The van der Waals surface area contributed by atoms with Crippen molar-refractivity contribution in [3.8, 4) is 0 Å². The van der Waals surface area contributed by atoms with Gasteiger partial charge in [-0.25, -0.2) is 4.79 Å². The van der Waals surface area contributed by atoms with E-state index in [9.17, 15) is 29.1 Å². The Balaban J connectivity index is 5.79. The number of carbonyl (C=O) groups is 5. The van der Waals surface area contributed by atoms with Crippen molar-refractivity contribution < 1.29 is 29.1 Å². The van der Waals surface area contributed by atoms with Crippen molar-refractivity contribution in [2.45, 2.75) is 97.4 Å². The van der Waals surface area contributed by atoms with E-state index < -0.39 is 65.7 Å². The lowest BCUT2D eigenvalue weighted by atomic mass is 9.97. The van der Waals surface area contributed by atoms with Gasteiger partial charge in [0.05, 0.1) is 6.04 Å². The Hall–Kier alpha value is -3.07. The minimum absolute atomic E-state index is 0.0990. The minimum atomic E-state index is -1.17. The van der Waals surface area contributed by atoms with Gasteiger partial charge in [-0.3, -0.25) is 24.2 Å². The number of aliphatic carboxylic acids is 1. The molecule has 0 radical (unpaired) electrons. The average Bonchev–Trinajstić information content (AvgIpc) is 2.91. The van der Waals surface area contributed by atoms with Crippen LogP contribution in [0, 0.1) is 17.8 Å². The second-order valence-corrected chi connectivity index (χ2v) is 12.0. The van der Waals surface area contributed by atoms with Crippen LogP contribution in [0.5, 0.6) is 0 Å². The molecule has 242 valence electrons. The Morgan fingerprint density at radius 1 is 0.786 bits per heavy atom. The molecule has 11 N–H and O–H groups in total. The summed E-state index contributed by atoms with van der Waals surface area (Å²) in [6.07, 6.45) is 3.27. The van der Waals surface area contributed by atoms with Gasteiger partial charge >= 0.3 is 5.97 Å². The van der Waals surface area contributed by atoms with Crippen LogP contribution in [0.1, 0.15) is 67.2 Å². The van der Waals surface area contributed by atoms with Crippen LogP contribution in [-0.4, -0.2) is 89.4 Å². The second kappa shape index (κ2) is 19.9. The highest BCUT2D eigenvalue weighted by molar-refractivity contribution is 7.98. The van der Waals surface area contributed by atoms with Crippen LogP contribution in [-0.2, 0) is 24.0 Å². The van der Waals surface area contributed by atoms with E-state index in [4.69, 9.17) is 17.2 Å². The molecule has 0 spiro atoms. The molecule has 0 unspecified atom stereocenters. The summed E-state index contributed by atoms with van der Waals surface area (Å²) in [5, 5.41) is 20.1. The van der Waals surface area contributed by atoms with Crippen molar-refractivity contribution in [1.29, 1.82) is 0 Å². The number of carbonyl (C=O) groups excluding carboxylic acids is 4. The summed E-state index contributed by atoms with van der Waals surface area (Å²) in [6.45, 7) is 10.8. The van der Waals surface area contributed by atoms with Crippen molar-refractivity contribution in [2.24, 2.45) is 39.9 Å². The number of nitrogens with two attached hydrogens (primary N) is 3. The molecular weight excluding hydrogens is 564 g/mol. The molecule has 0 fully saturated rings. The first-order valence-electron chi connectivity index (χ1n) is 14.3. The Bertz CT molecular complexity index is 928. The molecule has 0 aliphatic heterocycles. The monoisotopic (exact) mass is 616 g/mol. The van der Waals surface area contributed by atoms with Crippen molar-refractivity contribution in [2.75, 3.05) is 18.6 Å². The number of rotatable bonds is 20. The van der Waals surface area contributed by atoms with Gasteiger partial charge in [0.2, 0.25) is 23.6 Å². The third kappa shape index (κ3) is 14.2. The van der Waals surface area contributed by atoms with E-state index in [2.05, 4.69) is 26.3 Å². The predicted octanol–water partition coefficient (Wildman–Crippen LogP) is -0.498. The molecule has 4 amide bonds. The van der Waals surface area contributed by atoms with Crippen LogP contribution in [0.2, 0.25) is 0 Å². The molecule has 0 aromatic rings. The van der Waals surface area contributed by atoms with Crippen molar-refractivity contribution in [3.63, 3.8) is 0 Å². The predicted molar refractivity (Wildman–Crippen MR) is 165 cm³/mol. The highest BCUT2D eigenvalue weighted by Crippen LogP contribution is 2.11. The quantitative estimate of drug-likeness (QED) is 0.0495. The molecule has 42 heavy (non-hydrogen) atoms. The zero-order valence-corrected chi connectivity index (χ0v) is 26.8. The van der Waals surface area contributed by atoms with Crippen LogP contribution in [0.15, 0.2) is 4.99 Å². The van der Waals surface area contributed by atoms with E-state index in [1.165, 1.54) is 11.8 Å². The van der Waals surface area contributed by atoms with E-state index >= 15 is 0 Å². The molecule has 0 heterocycles. The van der Waals surface area contributed by atoms with Gasteiger partial charge in [0, 0.05) is 6.54 Å². The summed E-state index contributed by atoms with van der Waals surface area (Å²) in [4.78, 5) is 68.1. The lowest BCUT2D eigenvalue weighted by Crippen LogP contribution is -2.60. The van der Waals surface area contributed by atoms with E-state index in [-0.39, 0.29) is 37.2 Å². The molecule has 0 saturated heterocycles. The number of guanidine groups is 1. The summed E-state index contributed by atoms with van der Waals surface area (Å²) in [5.41, 5.74) is 16.8. The van der Waals surface area contributed by atoms with E-state index in [0.29, 0.717) is 18.6 Å². The van der Waals surface area contributed by atoms with Gasteiger partial charge in [0.25, 0.3) is 0 Å². The Morgan fingerprint density at radius 3 is 1.74 bits per heavy atom. The lowest BCUT2D eigenvalue weighted by Gasteiger charge is -2.29. The summed E-state index contributed by atoms with van der Waals surface area (Å²) in [7, 11) is 0. The molecule has 6 atom stereocenters. The number of thioether (sulfide) groups is 1. The molecule has 0 rings (SSSR count). The van der Waals surface area contributed by atoms with Gasteiger partial charge in [-0.05, 0) is 49.0 Å². The molecule has 0 bridgehead atoms. The van der Waals surface area contributed by atoms with E-state index in [0.717, 1.165) is 0 Å². The van der Waals surface area contributed by atoms with Crippen LogP contribution in [0.25, 0.3) is 0 Å². The molecule has 0 aliphatic rings. The fourth-order valence-electron chi connectivity index (χ4n) is 3.87. The number of hydrogen-bond acceptors (Lipinski definition) is 8. The first kappa shape index (κ1) is 38.9. The van der Waals surface area contributed by atoms with Gasteiger partial charge in [-0.2, -0.15) is 11.8 Å². The number of amides is 4. The van der Waals surface area contributed by atoms with Crippen molar-refractivity contribution >= 4 is 47.3 Å². The molecule has 0 aromatic heterocycles. The number of aliphatic imine (C=N–C) groups is 1. The number of carboxylic acids is 1. The van der Waals surface area contributed by atoms with Crippen LogP contribution in [0.3, 0.4) is 0 Å². The molecular formula is C27H52N8O6S. The normalized spacial score (nSPS) is 15.5. The van der Waals surface area contributed by atoms with Gasteiger partial charge in [-0.15, -0.1) is 0 Å². The van der Waals surface area contributed by atoms with Crippen molar-refractivity contribution in [1.82, 2.24) is 21.3 Å². The van der Waals surface area contributed by atoms with Gasteiger partial charge in [0.15, 0.2) is 5.96 Å². The maximum atomic E-state index is 13.4. The Labute approximate surface area is 253 Å². The number of nitrogens with zero attached hydrogens (tertiary/aromatic N) is 1. The highest BCUT2D eigenvalue weighted by Gasteiger charge is 2.34. The van der Waals surface area contributed by atoms with E-state index in [1.54, 1.807) is 27.7 Å². The number of hydrogen-bond donors (Lipinski definition) is 8. The van der Waals surface area contributed by atoms with Gasteiger partial charge in [-0.1, -0.05) is 48.0 Å². The summed E-state index contributed by atoms with van der Waals surface area (Å²) in [5.74, 6) is -3.98. The fourth-order valence-corrected chi connectivity index (χ4v) is 4.35. The topological polar surface area (TPSA) is 244 Å². The lowest BCUT2D eigenvalue weighted by molar-refractivity contribution is -0.142. The fraction of sp³-hybridized carbons (Fsp3) is 0.778. The standard InChI is InChI=1S/C27H52N8O6S/c1-8-16(6)19(28)23(37)32-17(10-9-12-31-27(29)30)22(36)34-21(15(4)5)25(39)35-20(14(2)3)24(38)33-18(26(40)41)11-13-42-7/h14-21H,8-13,28H2,1-7H3,(H,32,37)(H,33,38)(H,34,36)(H,35,39)(H,40,41)(H4,29,30,31)/t16-,17+,18-,19-,20-,21-/m0/s1. The summed E-state index contributed by atoms with van der Waals surface area (Å²) in [6, 6.07) is -5.06. The maximum Gasteiger partial charge on any atom is 0.326 e. The van der Waals surface area contributed by atoms with E-state index in [1.807, 2.05) is 20.1 Å². The largest absolute Gasteiger partial charge is 0.480 e. The summed E-state index contributed by atoms with van der Waals surface area (Å²) < 4.78 is 0. The molecule has 14 nitrogen and oxygen atoms in total. The van der Waals surface area contributed by atoms with Crippen LogP contribution < -0.4 is 38.5 Å². The van der Waals surface area contributed by atoms with Gasteiger partial charge < -0.3 is 43.6 Å². The average molecular weight is 617 g/mol. The second-order valence-electron chi connectivity index (χ2n) is 11.1. The first-order chi connectivity index (χ1) is 19.6. The molecule has 15 heteroatoms. The Morgan fingerprint density at radius 2 is 1.29 bits per heavy atom. The molecule has 0 saturated carbocycles. The smallest absolute Gasteiger partial charge is 0.326 e.